The van der Waals surface area contributed by atoms with Gasteiger partial charge in [-0.3, -0.25) is 4.79 Å². The first-order valence-corrected chi connectivity index (χ1v) is 11.3. The van der Waals surface area contributed by atoms with E-state index in [9.17, 15) is 4.79 Å². The van der Waals surface area contributed by atoms with Crippen LogP contribution in [0.25, 0.3) is 5.69 Å². The molecule has 32 heavy (non-hydrogen) atoms. The van der Waals surface area contributed by atoms with Gasteiger partial charge in [-0.1, -0.05) is 40.9 Å². The number of benzene rings is 1. The third-order valence-electron chi connectivity index (χ3n) is 5.11. The lowest BCUT2D eigenvalue weighted by molar-refractivity contribution is -0.00545. The monoisotopic (exact) mass is 493 g/mol. The van der Waals surface area contributed by atoms with Crippen molar-refractivity contribution in [3.05, 3.63) is 73.7 Å². The summed E-state index contributed by atoms with van der Waals surface area (Å²) in [6.45, 7) is 6.35. The molecule has 4 rings (SSSR count). The van der Waals surface area contributed by atoms with Crippen molar-refractivity contribution < 1.29 is 4.74 Å². The zero-order valence-electron chi connectivity index (χ0n) is 17.6. The molecule has 2 aromatic heterocycles. The maximum absolute atomic E-state index is 12.3. The van der Waals surface area contributed by atoms with E-state index >= 15 is 0 Å². The number of anilines is 2. The van der Waals surface area contributed by atoms with Gasteiger partial charge in [0, 0.05) is 25.8 Å². The van der Waals surface area contributed by atoms with Gasteiger partial charge in [0.2, 0.25) is 0 Å². The minimum absolute atomic E-state index is 0.0862. The molecule has 1 aliphatic heterocycles. The molecule has 2 atom stereocenters. The second kappa shape index (κ2) is 9.67. The van der Waals surface area contributed by atoms with Crippen LogP contribution in [0, 0.1) is 0 Å². The molecule has 0 saturated carbocycles. The normalized spacial score (nSPS) is 18.6. The molecule has 1 aliphatic rings. The lowest BCUT2D eigenvalue weighted by Crippen LogP contribution is -2.45. The summed E-state index contributed by atoms with van der Waals surface area (Å²) in [6.07, 6.45) is 3.54. The van der Waals surface area contributed by atoms with Crippen LogP contribution >= 0.6 is 34.8 Å². The predicted octanol–water partition coefficient (Wildman–Crippen LogP) is 4.81. The van der Waals surface area contributed by atoms with E-state index in [1.54, 1.807) is 18.2 Å². The van der Waals surface area contributed by atoms with Gasteiger partial charge in [0.05, 0.1) is 39.8 Å². The number of pyridine rings is 1. The first-order valence-electron chi connectivity index (χ1n) is 10.1. The van der Waals surface area contributed by atoms with Gasteiger partial charge in [0.15, 0.2) is 0 Å². The summed E-state index contributed by atoms with van der Waals surface area (Å²) in [5, 5.41) is 7.78. The van der Waals surface area contributed by atoms with Crippen molar-refractivity contribution in [3.8, 4) is 5.69 Å². The molecule has 0 radical (unpaired) electrons. The van der Waals surface area contributed by atoms with Gasteiger partial charge in [-0.2, -0.15) is 9.78 Å². The summed E-state index contributed by atoms with van der Waals surface area (Å²) in [5.41, 5.74) is 1.73. The standard InChI is InChI=1S/C22H22Cl3N5O2/c1-13-11-29(12-14(2)32-13)20-6-3-15(9-27-20)8-26-19-5-4-16(7-17(19)23)30-22(31)21(25)18(24)10-28-30/h3-7,9-10,13-14,26H,8,11-12H2,1-2H3. The van der Waals surface area contributed by atoms with Crippen LogP contribution in [-0.4, -0.2) is 40.1 Å². The third kappa shape index (κ3) is 5.02. The van der Waals surface area contributed by atoms with E-state index in [-0.39, 0.29) is 22.3 Å². The Kier molecular flexibility index (Phi) is 6.90. The van der Waals surface area contributed by atoms with Crippen LogP contribution in [0.4, 0.5) is 11.5 Å². The molecule has 0 bridgehead atoms. The molecule has 168 valence electrons. The number of hydrogen-bond acceptors (Lipinski definition) is 6. The Hall–Kier alpha value is -2.32. The van der Waals surface area contributed by atoms with Crippen LogP contribution in [0.3, 0.4) is 0 Å². The van der Waals surface area contributed by atoms with Crippen molar-refractivity contribution in [1.29, 1.82) is 0 Å². The van der Waals surface area contributed by atoms with Crippen molar-refractivity contribution in [2.45, 2.75) is 32.6 Å². The molecule has 3 aromatic rings. The summed E-state index contributed by atoms with van der Waals surface area (Å²) in [5.74, 6) is 0.942. The van der Waals surface area contributed by atoms with Crippen LogP contribution in [0.15, 0.2) is 47.5 Å². The molecule has 0 spiro atoms. The van der Waals surface area contributed by atoms with E-state index in [1.807, 2.05) is 18.3 Å². The Morgan fingerprint density at radius 3 is 2.47 bits per heavy atom. The highest BCUT2D eigenvalue weighted by atomic mass is 35.5. The quantitative estimate of drug-likeness (QED) is 0.549. The fraction of sp³-hybridized carbons (Fsp3) is 0.318. The molecule has 0 amide bonds. The minimum atomic E-state index is -0.508. The lowest BCUT2D eigenvalue weighted by Gasteiger charge is -2.36. The second-order valence-corrected chi connectivity index (χ2v) is 8.92. The molecule has 10 heteroatoms. The van der Waals surface area contributed by atoms with Gasteiger partial charge < -0.3 is 15.0 Å². The number of hydrogen-bond donors (Lipinski definition) is 1. The number of ether oxygens (including phenoxy) is 1. The zero-order valence-corrected chi connectivity index (χ0v) is 19.8. The summed E-state index contributed by atoms with van der Waals surface area (Å²) < 4.78 is 6.94. The van der Waals surface area contributed by atoms with Crippen LogP contribution in [0.1, 0.15) is 19.4 Å². The van der Waals surface area contributed by atoms with Gasteiger partial charge >= 0.3 is 0 Å². The van der Waals surface area contributed by atoms with E-state index in [1.165, 1.54) is 6.20 Å². The molecule has 1 fully saturated rings. The second-order valence-electron chi connectivity index (χ2n) is 7.73. The van der Waals surface area contributed by atoms with Crippen molar-refractivity contribution in [3.63, 3.8) is 0 Å². The average Bonchev–Trinajstić information content (AvgIpc) is 2.76. The first-order chi connectivity index (χ1) is 15.3. The molecule has 3 heterocycles. The van der Waals surface area contributed by atoms with E-state index < -0.39 is 5.56 Å². The predicted molar refractivity (Wildman–Crippen MR) is 129 cm³/mol. The SMILES string of the molecule is CC1CN(c2ccc(CNc3ccc(-n4ncc(Cl)c(Cl)c4=O)cc3Cl)cn2)CC(C)O1. The van der Waals surface area contributed by atoms with Crippen molar-refractivity contribution >= 4 is 46.3 Å². The Labute approximate surface area is 200 Å². The largest absolute Gasteiger partial charge is 0.380 e. The van der Waals surface area contributed by atoms with Gasteiger partial charge in [0.1, 0.15) is 10.8 Å². The highest BCUT2D eigenvalue weighted by Crippen LogP contribution is 2.26. The summed E-state index contributed by atoms with van der Waals surface area (Å²) in [6, 6.07) is 9.22. The highest BCUT2D eigenvalue weighted by Gasteiger charge is 2.23. The van der Waals surface area contributed by atoms with Gasteiger partial charge in [0.25, 0.3) is 5.56 Å². The summed E-state index contributed by atoms with van der Waals surface area (Å²) >= 11 is 18.2. The lowest BCUT2D eigenvalue weighted by atomic mass is 10.2. The van der Waals surface area contributed by atoms with Gasteiger partial charge in [-0.15, -0.1) is 0 Å². The third-order valence-corrected chi connectivity index (χ3v) is 6.17. The number of rotatable bonds is 5. The van der Waals surface area contributed by atoms with Crippen molar-refractivity contribution in [2.24, 2.45) is 0 Å². The maximum atomic E-state index is 12.3. The number of aromatic nitrogens is 3. The number of nitrogens with one attached hydrogen (secondary N) is 1. The summed E-state index contributed by atoms with van der Waals surface area (Å²) in [4.78, 5) is 19.1. The fourth-order valence-electron chi connectivity index (χ4n) is 3.65. The van der Waals surface area contributed by atoms with Crippen LogP contribution in [0.2, 0.25) is 15.1 Å². The molecular weight excluding hydrogens is 473 g/mol. The first kappa shape index (κ1) is 22.9. The molecular formula is C22H22Cl3N5O2. The zero-order chi connectivity index (χ0) is 22.8. The number of morpholine rings is 1. The van der Waals surface area contributed by atoms with Crippen LogP contribution < -0.4 is 15.8 Å². The number of halogens is 3. The Morgan fingerprint density at radius 1 is 1.06 bits per heavy atom. The molecule has 7 nitrogen and oxygen atoms in total. The maximum Gasteiger partial charge on any atom is 0.291 e. The van der Waals surface area contributed by atoms with Crippen LogP contribution in [-0.2, 0) is 11.3 Å². The highest BCUT2D eigenvalue weighted by molar-refractivity contribution is 6.41. The topological polar surface area (TPSA) is 72.3 Å². The van der Waals surface area contributed by atoms with Crippen LogP contribution in [0.5, 0.6) is 0 Å². The van der Waals surface area contributed by atoms with E-state index in [0.29, 0.717) is 17.3 Å². The van der Waals surface area contributed by atoms with E-state index in [4.69, 9.17) is 39.5 Å². The van der Waals surface area contributed by atoms with Crippen molar-refractivity contribution in [1.82, 2.24) is 14.8 Å². The van der Waals surface area contributed by atoms with Gasteiger partial charge in [-0.05, 0) is 43.7 Å². The Balaban J connectivity index is 1.43. The van der Waals surface area contributed by atoms with E-state index in [0.717, 1.165) is 34.8 Å². The Morgan fingerprint density at radius 2 is 1.81 bits per heavy atom. The average molecular weight is 495 g/mol. The summed E-state index contributed by atoms with van der Waals surface area (Å²) in [7, 11) is 0. The molecule has 0 aliphatic carbocycles. The fourth-order valence-corrected chi connectivity index (χ4v) is 4.14. The molecule has 1 aromatic carbocycles. The number of nitrogens with zero attached hydrogens (tertiary/aromatic N) is 4. The van der Waals surface area contributed by atoms with Gasteiger partial charge in [-0.25, -0.2) is 4.98 Å². The smallest absolute Gasteiger partial charge is 0.291 e. The molecule has 1 N–H and O–H groups in total. The molecule has 2 unspecified atom stereocenters. The van der Waals surface area contributed by atoms with E-state index in [2.05, 4.69) is 34.1 Å². The molecule has 1 saturated heterocycles. The minimum Gasteiger partial charge on any atom is -0.380 e. The Bertz CT molecular complexity index is 1160. The van der Waals surface area contributed by atoms with Crippen molar-refractivity contribution in [2.75, 3.05) is 23.3 Å².